The second-order valence-corrected chi connectivity index (χ2v) is 5.41. The lowest BCUT2D eigenvalue weighted by Crippen LogP contribution is -2.17. The number of hydrogen-bond donors (Lipinski definition) is 1. The molecule has 6 heteroatoms. The van der Waals surface area contributed by atoms with Crippen molar-refractivity contribution >= 4 is 10.9 Å². The van der Waals surface area contributed by atoms with E-state index in [1.807, 2.05) is 24.3 Å². The molecule has 2 N–H and O–H groups in total. The van der Waals surface area contributed by atoms with Crippen molar-refractivity contribution in [3.05, 3.63) is 71.4 Å². The van der Waals surface area contributed by atoms with Crippen molar-refractivity contribution < 1.29 is 17.9 Å². The fourth-order valence-corrected chi connectivity index (χ4v) is 2.62. The van der Waals surface area contributed by atoms with E-state index >= 15 is 0 Å². The van der Waals surface area contributed by atoms with Crippen LogP contribution in [0.15, 0.2) is 54.7 Å². The SMILES string of the molecule is NCc1cccc2cc(Cc3cccc(OC(F)(F)F)c3)cnc12. The minimum Gasteiger partial charge on any atom is -0.406 e. The minimum atomic E-state index is -4.69. The zero-order valence-electron chi connectivity index (χ0n) is 12.7. The minimum absolute atomic E-state index is 0.223. The fourth-order valence-electron chi connectivity index (χ4n) is 2.62. The molecule has 24 heavy (non-hydrogen) atoms. The van der Waals surface area contributed by atoms with E-state index < -0.39 is 6.36 Å². The number of fused-ring (bicyclic) bond motifs is 1. The number of alkyl halides is 3. The summed E-state index contributed by atoms with van der Waals surface area (Å²) in [5.74, 6) is -0.223. The summed E-state index contributed by atoms with van der Waals surface area (Å²) in [6.07, 6.45) is -2.51. The molecule has 0 bridgehead atoms. The van der Waals surface area contributed by atoms with Crippen molar-refractivity contribution in [3.63, 3.8) is 0 Å². The van der Waals surface area contributed by atoms with Crippen LogP contribution in [0.2, 0.25) is 0 Å². The largest absolute Gasteiger partial charge is 0.573 e. The smallest absolute Gasteiger partial charge is 0.406 e. The highest BCUT2D eigenvalue weighted by molar-refractivity contribution is 5.82. The Kier molecular flexibility index (Phi) is 4.40. The van der Waals surface area contributed by atoms with Crippen molar-refractivity contribution in [3.8, 4) is 5.75 Å². The molecule has 0 unspecified atom stereocenters. The van der Waals surface area contributed by atoms with E-state index in [1.165, 1.54) is 18.2 Å². The Morgan fingerprint density at radius 3 is 2.54 bits per heavy atom. The van der Waals surface area contributed by atoms with E-state index in [9.17, 15) is 13.2 Å². The molecule has 0 aliphatic heterocycles. The maximum absolute atomic E-state index is 12.3. The summed E-state index contributed by atoms with van der Waals surface area (Å²) >= 11 is 0. The molecule has 1 heterocycles. The Balaban J connectivity index is 1.86. The predicted octanol–water partition coefficient (Wildman–Crippen LogP) is 4.18. The van der Waals surface area contributed by atoms with Crippen LogP contribution in [0.25, 0.3) is 10.9 Å². The maximum Gasteiger partial charge on any atom is 0.573 e. The molecule has 3 rings (SSSR count). The van der Waals surface area contributed by atoms with Crippen LogP contribution in [-0.4, -0.2) is 11.3 Å². The van der Waals surface area contributed by atoms with Gasteiger partial charge in [-0.25, -0.2) is 0 Å². The Labute approximate surface area is 136 Å². The molecule has 1 aromatic heterocycles. The van der Waals surface area contributed by atoms with E-state index in [1.54, 1.807) is 12.3 Å². The van der Waals surface area contributed by atoms with E-state index in [0.717, 1.165) is 22.0 Å². The van der Waals surface area contributed by atoms with Crippen molar-refractivity contribution in [1.82, 2.24) is 4.98 Å². The van der Waals surface area contributed by atoms with Gasteiger partial charge in [0, 0.05) is 18.1 Å². The number of rotatable bonds is 4. The first-order valence-electron chi connectivity index (χ1n) is 7.36. The van der Waals surface area contributed by atoms with Gasteiger partial charge in [-0.05, 0) is 41.3 Å². The van der Waals surface area contributed by atoms with Crippen LogP contribution in [0, 0.1) is 0 Å². The number of hydrogen-bond acceptors (Lipinski definition) is 3. The Morgan fingerprint density at radius 2 is 1.79 bits per heavy atom. The standard InChI is InChI=1S/C18H15F3N2O/c19-18(20,21)24-16-6-1-3-12(9-16)7-13-8-14-4-2-5-15(10-22)17(14)23-11-13/h1-6,8-9,11H,7,10,22H2. The average Bonchev–Trinajstić information content (AvgIpc) is 2.52. The van der Waals surface area contributed by atoms with Gasteiger partial charge in [0.15, 0.2) is 0 Å². The third-order valence-electron chi connectivity index (χ3n) is 3.61. The summed E-state index contributed by atoms with van der Waals surface area (Å²) in [6.45, 7) is 0.403. The second-order valence-electron chi connectivity index (χ2n) is 5.41. The average molecular weight is 332 g/mol. The molecule has 0 atom stereocenters. The number of ether oxygens (including phenoxy) is 1. The van der Waals surface area contributed by atoms with Gasteiger partial charge in [-0.3, -0.25) is 4.98 Å². The lowest BCUT2D eigenvalue weighted by Gasteiger charge is -2.10. The monoisotopic (exact) mass is 332 g/mol. The van der Waals surface area contributed by atoms with Gasteiger partial charge >= 0.3 is 6.36 Å². The number of pyridine rings is 1. The van der Waals surface area contributed by atoms with Crippen molar-refractivity contribution in [2.75, 3.05) is 0 Å². The molecular weight excluding hydrogens is 317 g/mol. The number of benzene rings is 2. The predicted molar refractivity (Wildman–Crippen MR) is 85.6 cm³/mol. The highest BCUT2D eigenvalue weighted by Crippen LogP contribution is 2.25. The summed E-state index contributed by atoms with van der Waals surface area (Å²) in [7, 11) is 0. The lowest BCUT2D eigenvalue weighted by atomic mass is 10.0. The second kappa shape index (κ2) is 6.49. The van der Waals surface area contributed by atoms with Gasteiger partial charge in [0.25, 0.3) is 0 Å². The van der Waals surface area contributed by atoms with Gasteiger partial charge in [0.1, 0.15) is 5.75 Å². The van der Waals surface area contributed by atoms with Gasteiger partial charge in [-0.1, -0.05) is 30.3 Å². The van der Waals surface area contributed by atoms with Gasteiger partial charge in [-0.15, -0.1) is 13.2 Å². The van der Waals surface area contributed by atoms with Crippen molar-refractivity contribution in [2.24, 2.45) is 5.73 Å². The molecule has 0 aliphatic rings. The first-order valence-corrected chi connectivity index (χ1v) is 7.36. The number of halogens is 3. The molecule has 0 fully saturated rings. The van der Waals surface area contributed by atoms with E-state index in [0.29, 0.717) is 18.5 Å². The molecule has 3 nitrogen and oxygen atoms in total. The van der Waals surface area contributed by atoms with E-state index in [2.05, 4.69) is 9.72 Å². The van der Waals surface area contributed by atoms with Crippen LogP contribution >= 0.6 is 0 Å². The Hall–Kier alpha value is -2.60. The van der Waals surface area contributed by atoms with Crippen LogP contribution in [0.4, 0.5) is 13.2 Å². The molecule has 0 saturated heterocycles. The normalized spacial score (nSPS) is 11.7. The summed E-state index contributed by atoms with van der Waals surface area (Å²) in [6, 6.07) is 13.7. The zero-order chi connectivity index (χ0) is 17.2. The molecule has 0 saturated carbocycles. The highest BCUT2D eigenvalue weighted by Gasteiger charge is 2.31. The molecule has 0 radical (unpaired) electrons. The quantitative estimate of drug-likeness (QED) is 0.779. The first-order chi connectivity index (χ1) is 11.4. The zero-order valence-corrected chi connectivity index (χ0v) is 12.7. The van der Waals surface area contributed by atoms with Gasteiger partial charge in [-0.2, -0.15) is 0 Å². The first kappa shape index (κ1) is 16.3. The van der Waals surface area contributed by atoms with Gasteiger partial charge < -0.3 is 10.5 Å². The molecule has 3 aromatic rings. The van der Waals surface area contributed by atoms with Gasteiger partial charge in [0.05, 0.1) is 5.52 Å². The summed E-state index contributed by atoms with van der Waals surface area (Å²) < 4.78 is 40.9. The van der Waals surface area contributed by atoms with Crippen LogP contribution in [-0.2, 0) is 13.0 Å². The number of nitrogens with two attached hydrogens (primary N) is 1. The highest BCUT2D eigenvalue weighted by atomic mass is 19.4. The van der Waals surface area contributed by atoms with E-state index in [4.69, 9.17) is 5.73 Å². The molecule has 124 valence electrons. The molecule has 0 aliphatic carbocycles. The maximum atomic E-state index is 12.3. The van der Waals surface area contributed by atoms with Crippen LogP contribution < -0.4 is 10.5 Å². The van der Waals surface area contributed by atoms with Gasteiger partial charge in [0.2, 0.25) is 0 Å². The van der Waals surface area contributed by atoms with E-state index in [-0.39, 0.29) is 5.75 Å². The Morgan fingerprint density at radius 1 is 1.00 bits per heavy atom. The summed E-state index contributed by atoms with van der Waals surface area (Å²) in [4.78, 5) is 4.44. The summed E-state index contributed by atoms with van der Waals surface area (Å²) in [5.41, 5.74) is 9.12. The summed E-state index contributed by atoms with van der Waals surface area (Å²) in [5, 5.41) is 0.957. The van der Waals surface area contributed by atoms with Crippen molar-refractivity contribution in [1.29, 1.82) is 0 Å². The molecule has 2 aromatic carbocycles. The van der Waals surface area contributed by atoms with Crippen LogP contribution in [0.5, 0.6) is 5.75 Å². The fraction of sp³-hybridized carbons (Fsp3) is 0.167. The van der Waals surface area contributed by atoms with Crippen LogP contribution in [0.3, 0.4) is 0 Å². The molecular formula is C18H15F3N2O. The third-order valence-corrected chi connectivity index (χ3v) is 3.61. The van der Waals surface area contributed by atoms with Crippen molar-refractivity contribution in [2.45, 2.75) is 19.3 Å². The third kappa shape index (κ3) is 3.83. The molecule has 0 amide bonds. The number of aromatic nitrogens is 1. The lowest BCUT2D eigenvalue weighted by molar-refractivity contribution is -0.274. The van der Waals surface area contributed by atoms with Crippen LogP contribution in [0.1, 0.15) is 16.7 Å². The number of para-hydroxylation sites is 1. The topological polar surface area (TPSA) is 48.1 Å². The Bertz CT molecular complexity index is 862. The number of nitrogens with zero attached hydrogens (tertiary/aromatic N) is 1. The molecule has 0 spiro atoms.